The van der Waals surface area contributed by atoms with Crippen molar-refractivity contribution in [3.8, 4) is 0 Å². The van der Waals surface area contributed by atoms with E-state index in [2.05, 4.69) is 15.3 Å². The monoisotopic (exact) mass is 473 g/mol. The van der Waals surface area contributed by atoms with E-state index >= 15 is 0 Å². The van der Waals surface area contributed by atoms with Gasteiger partial charge in [-0.3, -0.25) is 19.1 Å². The molecule has 2 amide bonds. The maximum Gasteiger partial charge on any atom is 0.306 e. The highest BCUT2D eigenvalue weighted by Gasteiger charge is 2.27. The number of rotatable bonds is 6. The minimum absolute atomic E-state index is 0.00363. The maximum atomic E-state index is 13.2. The Morgan fingerprint density at radius 1 is 1.00 bits per heavy atom. The minimum atomic E-state index is -0.756. The number of hydrogen-bond donors (Lipinski definition) is 2. The van der Waals surface area contributed by atoms with Crippen LogP contribution in [0.25, 0.3) is 0 Å². The number of carboxylic acids is 1. The fraction of sp³-hybridized carbons (Fsp3) is 0.308. The van der Waals surface area contributed by atoms with Crippen LogP contribution in [-0.2, 0) is 29.2 Å². The van der Waals surface area contributed by atoms with E-state index in [1.807, 2.05) is 36.4 Å². The lowest BCUT2D eigenvalue weighted by Crippen LogP contribution is -2.37. The first kappa shape index (κ1) is 22.6. The molecule has 180 valence electrons. The lowest BCUT2D eigenvalue weighted by Gasteiger charge is -2.33. The molecule has 0 radical (unpaired) electrons. The fourth-order valence-electron chi connectivity index (χ4n) is 4.79. The minimum Gasteiger partial charge on any atom is -0.481 e. The molecule has 9 nitrogen and oxygen atoms in total. The van der Waals surface area contributed by atoms with Gasteiger partial charge in [-0.1, -0.05) is 18.2 Å². The van der Waals surface area contributed by atoms with Crippen LogP contribution >= 0.6 is 0 Å². The number of carbonyl (C=O) groups excluding carboxylic acids is 2. The Kier molecular flexibility index (Phi) is 6.22. The van der Waals surface area contributed by atoms with E-state index < -0.39 is 5.97 Å². The molecule has 0 unspecified atom stereocenters. The third-order valence-corrected chi connectivity index (χ3v) is 6.73. The number of nitrogens with one attached hydrogen (secondary N) is 1. The summed E-state index contributed by atoms with van der Waals surface area (Å²) >= 11 is 0. The number of nitrogens with zero attached hydrogens (tertiary/aromatic N) is 4. The summed E-state index contributed by atoms with van der Waals surface area (Å²) in [7, 11) is 0. The van der Waals surface area contributed by atoms with Crippen LogP contribution in [0.5, 0.6) is 0 Å². The standard InChI is InChI=1S/C26H27N5O4/c32-24(17-31-11-3-10-27-31)30-15-19-6-7-21(14-20(19)16-30)28-25(33)22-4-1-2-5-23(22)29-12-8-18(9-13-29)26(34)35/h1-7,10-11,14,18H,8-9,12-13,15-17H2,(H,28,33)(H,34,35). The molecule has 0 saturated carbocycles. The van der Waals surface area contributed by atoms with Gasteiger partial charge in [0.15, 0.2) is 0 Å². The molecule has 0 atom stereocenters. The van der Waals surface area contributed by atoms with E-state index in [1.165, 1.54) is 0 Å². The van der Waals surface area contributed by atoms with Crippen molar-refractivity contribution in [3.63, 3.8) is 0 Å². The van der Waals surface area contributed by atoms with Crippen molar-refractivity contribution >= 4 is 29.2 Å². The highest BCUT2D eigenvalue weighted by molar-refractivity contribution is 6.08. The summed E-state index contributed by atoms with van der Waals surface area (Å²) in [5, 5.41) is 16.4. The lowest BCUT2D eigenvalue weighted by molar-refractivity contribution is -0.142. The largest absolute Gasteiger partial charge is 0.481 e. The van der Waals surface area contributed by atoms with Crippen molar-refractivity contribution in [1.29, 1.82) is 0 Å². The van der Waals surface area contributed by atoms with Gasteiger partial charge in [0.25, 0.3) is 5.91 Å². The molecule has 9 heteroatoms. The van der Waals surface area contributed by atoms with Gasteiger partial charge in [0.2, 0.25) is 5.91 Å². The van der Waals surface area contributed by atoms with Gasteiger partial charge in [-0.25, -0.2) is 0 Å². The van der Waals surface area contributed by atoms with Crippen molar-refractivity contribution in [1.82, 2.24) is 14.7 Å². The molecular formula is C26H27N5O4. The number of hydrogen-bond acceptors (Lipinski definition) is 5. The normalized spacial score (nSPS) is 15.7. The molecule has 1 aromatic heterocycles. The molecule has 2 aromatic carbocycles. The zero-order valence-corrected chi connectivity index (χ0v) is 19.3. The van der Waals surface area contributed by atoms with Gasteiger partial charge in [0.05, 0.1) is 11.5 Å². The van der Waals surface area contributed by atoms with Crippen LogP contribution in [0.2, 0.25) is 0 Å². The number of piperidine rings is 1. The second-order valence-electron chi connectivity index (χ2n) is 9.01. The first-order valence-corrected chi connectivity index (χ1v) is 11.7. The van der Waals surface area contributed by atoms with E-state index in [4.69, 9.17) is 0 Å². The van der Waals surface area contributed by atoms with Crippen LogP contribution in [0.1, 0.15) is 34.3 Å². The van der Waals surface area contributed by atoms with Crippen LogP contribution in [0.4, 0.5) is 11.4 Å². The van der Waals surface area contributed by atoms with Gasteiger partial charge in [-0.15, -0.1) is 0 Å². The summed E-state index contributed by atoms with van der Waals surface area (Å²) in [6, 6.07) is 14.9. The SMILES string of the molecule is O=C(Nc1ccc2c(c1)CN(C(=O)Cn1cccn1)C2)c1ccccc1N1CCC(C(=O)O)CC1. The Morgan fingerprint density at radius 3 is 2.51 bits per heavy atom. The van der Waals surface area contributed by atoms with E-state index in [-0.39, 0.29) is 24.3 Å². The van der Waals surface area contributed by atoms with Crippen LogP contribution in [0, 0.1) is 5.92 Å². The molecule has 2 aliphatic rings. The Balaban J connectivity index is 1.25. The zero-order valence-electron chi connectivity index (χ0n) is 19.3. The number of aliphatic carboxylic acids is 1. The molecule has 0 bridgehead atoms. The number of benzene rings is 2. The lowest BCUT2D eigenvalue weighted by atomic mass is 9.96. The van der Waals surface area contributed by atoms with Crippen LogP contribution in [-0.4, -0.2) is 50.7 Å². The number of aromatic nitrogens is 2. The predicted octanol–water partition coefficient (Wildman–Crippen LogP) is 2.98. The Hall–Kier alpha value is -4.14. The van der Waals surface area contributed by atoms with E-state index in [0.717, 1.165) is 16.8 Å². The molecule has 1 saturated heterocycles. The Labute approximate surface area is 203 Å². The maximum absolute atomic E-state index is 13.2. The first-order chi connectivity index (χ1) is 17.0. The Morgan fingerprint density at radius 2 is 1.77 bits per heavy atom. The number of carbonyl (C=O) groups is 3. The van der Waals surface area contributed by atoms with Crippen LogP contribution in [0.3, 0.4) is 0 Å². The van der Waals surface area contributed by atoms with Crippen LogP contribution in [0.15, 0.2) is 60.9 Å². The van der Waals surface area contributed by atoms with Crippen molar-refractivity contribution in [2.75, 3.05) is 23.3 Å². The van der Waals surface area contributed by atoms with Gasteiger partial charge in [0.1, 0.15) is 6.54 Å². The molecule has 0 aliphatic carbocycles. The van der Waals surface area contributed by atoms with Gasteiger partial charge >= 0.3 is 5.97 Å². The van der Waals surface area contributed by atoms with Crippen molar-refractivity contribution in [3.05, 3.63) is 77.6 Å². The first-order valence-electron chi connectivity index (χ1n) is 11.7. The molecule has 35 heavy (non-hydrogen) atoms. The van der Waals surface area contributed by atoms with Gasteiger partial charge in [-0.2, -0.15) is 5.10 Å². The smallest absolute Gasteiger partial charge is 0.306 e. The van der Waals surface area contributed by atoms with E-state index in [0.29, 0.717) is 50.3 Å². The molecule has 5 rings (SSSR count). The number of fused-ring (bicyclic) bond motifs is 1. The quantitative estimate of drug-likeness (QED) is 0.570. The van der Waals surface area contributed by atoms with Gasteiger partial charge in [-0.05, 0) is 54.3 Å². The second kappa shape index (κ2) is 9.61. The molecular weight excluding hydrogens is 446 g/mol. The number of carboxylic acid groups (broad SMARTS) is 1. The third kappa shape index (κ3) is 4.89. The molecule has 2 N–H and O–H groups in total. The molecule has 3 aromatic rings. The topological polar surface area (TPSA) is 108 Å². The fourth-order valence-corrected chi connectivity index (χ4v) is 4.79. The molecule has 2 aliphatic heterocycles. The van der Waals surface area contributed by atoms with Crippen molar-refractivity contribution in [2.45, 2.75) is 32.5 Å². The van der Waals surface area contributed by atoms with Gasteiger partial charge < -0.3 is 20.2 Å². The highest BCUT2D eigenvalue weighted by atomic mass is 16.4. The van der Waals surface area contributed by atoms with Crippen molar-refractivity contribution in [2.24, 2.45) is 5.92 Å². The third-order valence-electron chi connectivity index (χ3n) is 6.73. The van der Waals surface area contributed by atoms with Gasteiger partial charge in [0, 0.05) is 49.9 Å². The molecule has 3 heterocycles. The summed E-state index contributed by atoms with van der Waals surface area (Å²) < 4.78 is 1.61. The number of anilines is 2. The summed E-state index contributed by atoms with van der Waals surface area (Å²) in [6.45, 7) is 2.43. The predicted molar refractivity (Wildman–Crippen MR) is 130 cm³/mol. The number of amides is 2. The molecule has 1 fully saturated rings. The Bertz CT molecular complexity index is 1250. The average molecular weight is 474 g/mol. The molecule has 0 spiro atoms. The summed E-state index contributed by atoms with van der Waals surface area (Å²) in [5.74, 6) is -1.31. The van der Waals surface area contributed by atoms with E-state index in [1.54, 1.807) is 34.1 Å². The summed E-state index contributed by atoms with van der Waals surface area (Å²) in [6.07, 6.45) is 4.54. The summed E-state index contributed by atoms with van der Waals surface area (Å²) in [5.41, 5.74) is 4.12. The van der Waals surface area contributed by atoms with Crippen molar-refractivity contribution < 1.29 is 19.5 Å². The highest BCUT2D eigenvalue weighted by Crippen LogP contribution is 2.29. The summed E-state index contributed by atoms with van der Waals surface area (Å²) in [4.78, 5) is 41.0. The second-order valence-corrected chi connectivity index (χ2v) is 9.01. The van der Waals surface area contributed by atoms with Crippen LogP contribution < -0.4 is 10.2 Å². The van der Waals surface area contributed by atoms with E-state index in [9.17, 15) is 19.5 Å². The zero-order chi connectivity index (χ0) is 24.4. The number of para-hydroxylation sites is 1. The average Bonchev–Trinajstić information content (AvgIpc) is 3.53.